The summed E-state index contributed by atoms with van der Waals surface area (Å²) in [5, 5.41) is 2.44. The van der Waals surface area contributed by atoms with E-state index in [1.54, 1.807) is 38.1 Å². The molecule has 208 valence electrons. The van der Waals surface area contributed by atoms with Crippen LogP contribution in [0.5, 0.6) is 0 Å². The van der Waals surface area contributed by atoms with Crippen LogP contribution in [0.25, 0.3) is 11.3 Å². The highest BCUT2D eigenvalue weighted by Crippen LogP contribution is 2.29. The van der Waals surface area contributed by atoms with Crippen molar-refractivity contribution in [1.29, 1.82) is 0 Å². The van der Waals surface area contributed by atoms with Crippen molar-refractivity contribution in [3.05, 3.63) is 77.4 Å². The molecule has 0 aliphatic heterocycles. The molecule has 0 radical (unpaired) electrons. The third-order valence-electron chi connectivity index (χ3n) is 5.86. The standard InChI is InChI=1S/C28H29F3N2O6/c1-4-37-25(35)27(33-18(3)34,26(36)38-5-2)15-14-19-6-10-21(11-7-19)23-17-39-24(32-23)16-20-8-12-22(13-9-20)28(29,30)31/h6-13,17H,4-5,14-16H2,1-3H3,(H,33,34). The molecule has 3 rings (SSSR count). The molecule has 1 amide bonds. The minimum atomic E-state index is -4.40. The number of nitrogens with zero attached hydrogens (tertiary/aromatic N) is 1. The number of halogens is 3. The highest BCUT2D eigenvalue weighted by molar-refractivity contribution is 6.07. The molecule has 1 N–H and O–H groups in total. The van der Waals surface area contributed by atoms with Crippen LogP contribution in [-0.2, 0) is 42.9 Å². The first-order chi connectivity index (χ1) is 18.5. The predicted octanol–water partition coefficient (Wildman–Crippen LogP) is 4.88. The lowest BCUT2D eigenvalue weighted by molar-refractivity contribution is -0.168. The Bertz CT molecular complexity index is 1270. The summed E-state index contributed by atoms with van der Waals surface area (Å²) in [5.41, 5.74) is -0.0406. The molecule has 11 heteroatoms. The second-order valence-corrected chi connectivity index (χ2v) is 8.72. The molecule has 0 unspecified atom stereocenters. The van der Waals surface area contributed by atoms with Gasteiger partial charge in [0.05, 0.1) is 18.8 Å². The van der Waals surface area contributed by atoms with Gasteiger partial charge < -0.3 is 19.2 Å². The quantitative estimate of drug-likeness (QED) is 0.270. The lowest BCUT2D eigenvalue weighted by Gasteiger charge is -2.29. The van der Waals surface area contributed by atoms with Gasteiger partial charge in [0.1, 0.15) is 12.0 Å². The average Bonchev–Trinajstić information content (AvgIpc) is 3.35. The lowest BCUT2D eigenvalue weighted by Crippen LogP contribution is -2.61. The number of alkyl halides is 3. The summed E-state index contributed by atoms with van der Waals surface area (Å²) in [6.07, 6.45) is -2.55. The fourth-order valence-electron chi connectivity index (χ4n) is 3.95. The molecular weight excluding hydrogens is 517 g/mol. The Morgan fingerprint density at radius 1 is 0.897 bits per heavy atom. The first kappa shape index (κ1) is 29.4. The Kier molecular flexibility index (Phi) is 9.50. The third-order valence-corrected chi connectivity index (χ3v) is 5.86. The SMILES string of the molecule is CCOC(=O)C(CCc1ccc(-c2coc(Cc3ccc(C(F)(F)F)cc3)n2)cc1)(NC(C)=O)C(=O)OCC. The van der Waals surface area contributed by atoms with Crippen LogP contribution in [0.4, 0.5) is 13.2 Å². The van der Waals surface area contributed by atoms with Crippen molar-refractivity contribution >= 4 is 17.8 Å². The summed E-state index contributed by atoms with van der Waals surface area (Å²) in [4.78, 5) is 41.8. The van der Waals surface area contributed by atoms with E-state index in [9.17, 15) is 27.6 Å². The molecule has 8 nitrogen and oxygen atoms in total. The molecule has 0 fully saturated rings. The molecule has 0 saturated carbocycles. The number of hydrogen-bond acceptors (Lipinski definition) is 7. The zero-order valence-electron chi connectivity index (χ0n) is 21.8. The van der Waals surface area contributed by atoms with Gasteiger partial charge in [-0.15, -0.1) is 0 Å². The number of amides is 1. The maximum absolute atomic E-state index is 12.8. The van der Waals surface area contributed by atoms with Crippen molar-refractivity contribution < 1.29 is 41.4 Å². The van der Waals surface area contributed by atoms with Gasteiger partial charge in [0.15, 0.2) is 5.89 Å². The van der Waals surface area contributed by atoms with E-state index in [2.05, 4.69) is 10.3 Å². The fourth-order valence-corrected chi connectivity index (χ4v) is 3.95. The minimum Gasteiger partial charge on any atom is -0.464 e. The average molecular weight is 547 g/mol. The highest BCUT2D eigenvalue weighted by atomic mass is 19.4. The zero-order valence-corrected chi connectivity index (χ0v) is 21.8. The van der Waals surface area contributed by atoms with E-state index in [0.29, 0.717) is 17.1 Å². The number of carbonyl (C=O) groups excluding carboxylic acids is 3. The largest absolute Gasteiger partial charge is 0.464 e. The molecule has 0 aliphatic rings. The Hall–Kier alpha value is -4.15. The maximum atomic E-state index is 12.8. The van der Waals surface area contributed by atoms with Crippen LogP contribution in [0, 0.1) is 0 Å². The predicted molar refractivity (Wildman–Crippen MR) is 134 cm³/mol. The van der Waals surface area contributed by atoms with E-state index >= 15 is 0 Å². The van der Waals surface area contributed by atoms with Crippen molar-refractivity contribution in [2.75, 3.05) is 13.2 Å². The van der Waals surface area contributed by atoms with Gasteiger partial charge in [-0.1, -0.05) is 36.4 Å². The van der Waals surface area contributed by atoms with Crippen LogP contribution in [0.3, 0.4) is 0 Å². The first-order valence-electron chi connectivity index (χ1n) is 12.3. The van der Waals surface area contributed by atoms with Gasteiger partial charge in [-0.3, -0.25) is 4.79 Å². The van der Waals surface area contributed by atoms with Gasteiger partial charge in [-0.05, 0) is 49.9 Å². The summed E-state index contributed by atoms with van der Waals surface area (Å²) >= 11 is 0. The van der Waals surface area contributed by atoms with Gasteiger partial charge >= 0.3 is 18.1 Å². The van der Waals surface area contributed by atoms with Crippen molar-refractivity contribution in [1.82, 2.24) is 10.3 Å². The van der Waals surface area contributed by atoms with Gasteiger partial charge in [0.2, 0.25) is 11.4 Å². The smallest absolute Gasteiger partial charge is 0.416 e. The maximum Gasteiger partial charge on any atom is 0.416 e. The second kappa shape index (κ2) is 12.6. The Balaban J connectivity index is 1.72. The molecule has 2 aromatic carbocycles. The van der Waals surface area contributed by atoms with Crippen LogP contribution < -0.4 is 5.32 Å². The van der Waals surface area contributed by atoms with Crippen LogP contribution in [0.1, 0.15) is 49.8 Å². The number of aryl methyl sites for hydroxylation is 1. The molecular formula is C28H29F3N2O6. The van der Waals surface area contributed by atoms with E-state index in [1.165, 1.54) is 25.3 Å². The molecule has 1 heterocycles. The van der Waals surface area contributed by atoms with E-state index in [0.717, 1.165) is 23.3 Å². The Labute approximate surface area is 223 Å². The zero-order chi connectivity index (χ0) is 28.6. The molecule has 3 aromatic rings. The van der Waals surface area contributed by atoms with Gasteiger partial charge in [-0.2, -0.15) is 13.2 Å². The minimum absolute atomic E-state index is 0.0207. The number of hydrogen-bond donors (Lipinski definition) is 1. The van der Waals surface area contributed by atoms with Crippen molar-refractivity contribution in [2.45, 2.75) is 51.7 Å². The number of oxazole rings is 1. The summed E-state index contributed by atoms with van der Waals surface area (Å²) in [5.74, 6) is -2.01. The van der Waals surface area contributed by atoms with E-state index in [-0.39, 0.29) is 32.5 Å². The van der Waals surface area contributed by atoms with Crippen LogP contribution in [0.2, 0.25) is 0 Å². The van der Waals surface area contributed by atoms with E-state index < -0.39 is 35.1 Å². The van der Waals surface area contributed by atoms with Crippen molar-refractivity contribution in [3.63, 3.8) is 0 Å². The van der Waals surface area contributed by atoms with Crippen LogP contribution in [-0.4, -0.2) is 41.6 Å². The third kappa shape index (κ3) is 7.46. The molecule has 0 spiro atoms. The highest BCUT2D eigenvalue weighted by Gasteiger charge is 2.49. The van der Waals surface area contributed by atoms with Crippen molar-refractivity contribution in [2.24, 2.45) is 0 Å². The number of ether oxygens (including phenoxy) is 2. The van der Waals surface area contributed by atoms with Gasteiger partial charge in [-0.25, -0.2) is 14.6 Å². The van der Waals surface area contributed by atoms with Crippen LogP contribution >= 0.6 is 0 Å². The molecule has 39 heavy (non-hydrogen) atoms. The topological polar surface area (TPSA) is 108 Å². The van der Waals surface area contributed by atoms with Gasteiger partial charge in [0.25, 0.3) is 0 Å². The number of benzene rings is 2. The molecule has 0 saturated heterocycles. The normalized spacial score (nSPS) is 11.6. The Morgan fingerprint density at radius 2 is 1.46 bits per heavy atom. The van der Waals surface area contributed by atoms with Crippen LogP contribution in [0.15, 0.2) is 59.2 Å². The van der Waals surface area contributed by atoms with E-state index in [4.69, 9.17) is 13.9 Å². The number of nitrogens with one attached hydrogen (secondary N) is 1. The second-order valence-electron chi connectivity index (χ2n) is 8.72. The molecule has 0 atom stereocenters. The summed E-state index contributed by atoms with van der Waals surface area (Å²) in [6.45, 7) is 4.43. The summed E-state index contributed by atoms with van der Waals surface area (Å²) < 4.78 is 54.0. The number of aromatic nitrogens is 1. The fraction of sp³-hybridized carbons (Fsp3) is 0.357. The number of esters is 2. The number of carbonyl (C=O) groups is 3. The molecule has 1 aromatic heterocycles. The monoisotopic (exact) mass is 546 g/mol. The first-order valence-corrected chi connectivity index (χ1v) is 12.3. The lowest BCUT2D eigenvalue weighted by atomic mass is 9.90. The summed E-state index contributed by atoms with van der Waals surface area (Å²) in [6, 6.07) is 11.9. The van der Waals surface area contributed by atoms with Gasteiger partial charge in [0, 0.05) is 18.9 Å². The van der Waals surface area contributed by atoms with Crippen molar-refractivity contribution in [3.8, 4) is 11.3 Å². The van der Waals surface area contributed by atoms with E-state index in [1.807, 2.05) is 0 Å². The molecule has 0 aliphatic carbocycles. The number of rotatable bonds is 11. The summed E-state index contributed by atoms with van der Waals surface area (Å²) in [7, 11) is 0. The molecule has 0 bridgehead atoms. The Morgan fingerprint density at radius 3 is 1.97 bits per heavy atom.